The van der Waals surface area contributed by atoms with Gasteiger partial charge in [0.05, 0.1) is 0 Å². The second kappa shape index (κ2) is 4.14. The van der Waals surface area contributed by atoms with Crippen molar-refractivity contribution in [1.29, 1.82) is 0 Å². The number of thioether (sulfide) groups is 1. The van der Waals surface area contributed by atoms with Gasteiger partial charge in [-0.2, -0.15) is 0 Å². The fraction of sp³-hybridized carbons (Fsp3) is 0.538. The normalized spacial score (nSPS) is 21.2. The highest BCUT2D eigenvalue weighted by Gasteiger charge is 2.30. The summed E-state index contributed by atoms with van der Waals surface area (Å²) in [6.07, 6.45) is 1.30. The molecule has 1 heterocycles. The van der Waals surface area contributed by atoms with Crippen molar-refractivity contribution < 1.29 is 0 Å². The molecule has 15 heavy (non-hydrogen) atoms. The van der Waals surface area contributed by atoms with Gasteiger partial charge in [-0.05, 0) is 47.3 Å². The lowest BCUT2D eigenvalue weighted by molar-refractivity contribution is 0.308. The van der Waals surface area contributed by atoms with Crippen molar-refractivity contribution in [2.24, 2.45) is 5.41 Å². The number of rotatable bonds is 0. The largest absolute Gasteiger partial charge is 0.126 e. The summed E-state index contributed by atoms with van der Waals surface area (Å²) in [5.41, 5.74) is 1.91. The van der Waals surface area contributed by atoms with Gasteiger partial charge in [-0.3, -0.25) is 0 Å². The molecular formula is C13H17BrS. The van der Waals surface area contributed by atoms with Gasteiger partial charge in [0.2, 0.25) is 0 Å². The number of hydrogen-bond donors (Lipinski definition) is 0. The van der Waals surface area contributed by atoms with E-state index in [4.69, 9.17) is 0 Å². The third-order valence-electron chi connectivity index (χ3n) is 3.06. The van der Waals surface area contributed by atoms with E-state index in [1.165, 1.54) is 27.1 Å². The highest BCUT2D eigenvalue weighted by molar-refractivity contribution is 9.10. The average Bonchev–Trinajstić information content (AvgIpc) is 2.15. The number of benzene rings is 1. The minimum Gasteiger partial charge on any atom is -0.126 e. The van der Waals surface area contributed by atoms with Crippen LogP contribution in [0.15, 0.2) is 27.6 Å². The molecule has 0 aliphatic carbocycles. The number of fused-ring (bicyclic) bond motifs is 1. The Morgan fingerprint density at radius 3 is 2.73 bits per heavy atom. The zero-order chi connectivity index (χ0) is 11.1. The van der Waals surface area contributed by atoms with E-state index in [0.717, 1.165) is 0 Å². The first-order valence-electron chi connectivity index (χ1n) is 5.41. The highest BCUT2D eigenvalue weighted by atomic mass is 79.9. The molecule has 0 spiro atoms. The van der Waals surface area contributed by atoms with Crippen molar-refractivity contribution >= 4 is 27.7 Å². The first-order valence-corrected chi connectivity index (χ1v) is 7.18. The van der Waals surface area contributed by atoms with Crippen LogP contribution in [0.25, 0.3) is 0 Å². The Labute approximate surface area is 105 Å². The lowest BCUT2D eigenvalue weighted by Crippen LogP contribution is -2.22. The van der Waals surface area contributed by atoms with E-state index in [1.807, 2.05) is 11.8 Å². The first kappa shape index (κ1) is 11.5. The molecule has 0 amide bonds. The van der Waals surface area contributed by atoms with Crippen LogP contribution in [0.3, 0.4) is 0 Å². The Hall–Kier alpha value is 0.0500. The number of hydrogen-bond acceptors (Lipinski definition) is 1. The van der Waals surface area contributed by atoms with E-state index in [9.17, 15) is 0 Å². The van der Waals surface area contributed by atoms with Gasteiger partial charge in [0.25, 0.3) is 0 Å². The summed E-state index contributed by atoms with van der Waals surface area (Å²) in [4.78, 5) is 1.48. The molecule has 2 heteroatoms. The first-order chi connectivity index (χ1) is 6.98. The topological polar surface area (TPSA) is 0 Å². The quantitative estimate of drug-likeness (QED) is 0.641. The van der Waals surface area contributed by atoms with Gasteiger partial charge in [0, 0.05) is 9.37 Å². The van der Waals surface area contributed by atoms with Crippen LogP contribution in [0.5, 0.6) is 0 Å². The van der Waals surface area contributed by atoms with Crippen molar-refractivity contribution in [3.8, 4) is 0 Å². The Morgan fingerprint density at radius 2 is 2.07 bits per heavy atom. The van der Waals surface area contributed by atoms with Gasteiger partial charge in [-0.1, -0.05) is 36.7 Å². The van der Waals surface area contributed by atoms with Crippen molar-refractivity contribution in [2.75, 3.05) is 5.75 Å². The van der Waals surface area contributed by atoms with E-state index >= 15 is 0 Å². The summed E-state index contributed by atoms with van der Waals surface area (Å²) in [6.45, 7) is 7.04. The van der Waals surface area contributed by atoms with E-state index in [1.54, 1.807) is 0 Å². The maximum atomic E-state index is 3.58. The molecule has 0 radical (unpaired) electrons. The molecule has 1 atom stereocenters. The second-order valence-corrected chi connectivity index (χ2v) is 7.29. The third-order valence-corrected chi connectivity index (χ3v) is 4.67. The molecule has 0 bridgehead atoms. The van der Waals surface area contributed by atoms with E-state index in [0.29, 0.717) is 11.3 Å². The van der Waals surface area contributed by atoms with Gasteiger partial charge in [0.1, 0.15) is 0 Å². The van der Waals surface area contributed by atoms with Crippen LogP contribution in [-0.4, -0.2) is 5.75 Å². The van der Waals surface area contributed by atoms with E-state index in [-0.39, 0.29) is 0 Å². The van der Waals surface area contributed by atoms with Gasteiger partial charge in [-0.25, -0.2) is 0 Å². The lowest BCUT2D eigenvalue weighted by atomic mass is 9.75. The molecule has 0 aromatic heterocycles. The van der Waals surface area contributed by atoms with Crippen LogP contribution in [0.1, 0.15) is 38.7 Å². The van der Waals surface area contributed by atoms with Crippen molar-refractivity contribution in [3.05, 3.63) is 28.2 Å². The Bertz CT molecular complexity index is 365. The minimum atomic E-state index is 0.372. The molecule has 1 aliphatic heterocycles. The van der Waals surface area contributed by atoms with Crippen molar-refractivity contribution in [1.82, 2.24) is 0 Å². The SMILES string of the molecule is CC(C)(C)C1CCSc2ccc(Br)cc21. The fourth-order valence-electron chi connectivity index (χ4n) is 2.26. The van der Waals surface area contributed by atoms with Crippen LogP contribution in [0, 0.1) is 5.41 Å². The molecule has 1 aromatic rings. The standard InChI is InChI=1S/C13H17BrS/c1-13(2,3)11-6-7-15-12-5-4-9(14)8-10(11)12/h4-5,8,11H,6-7H2,1-3H3. The van der Waals surface area contributed by atoms with Crippen molar-refractivity contribution in [3.63, 3.8) is 0 Å². The summed E-state index contributed by atoms with van der Waals surface area (Å²) in [5.74, 6) is 1.96. The summed E-state index contributed by atoms with van der Waals surface area (Å²) < 4.78 is 1.21. The second-order valence-electron chi connectivity index (χ2n) is 5.24. The van der Waals surface area contributed by atoms with Crippen LogP contribution in [0.4, 0.5) is 0 Å². The van der Waals surface area contributed by atoms with Crippen LogP contribution in [-0.2, 0) is 0 Å². The summed E-state index contributed by atoms with van der Waals surface area (Å²) in [5, 5.41) is 0. The summed E-state index contributed by atoms with van der Waals surface area (Å²) in [7, 11) is 0. The molecule has 0 saturated carbocycles. The lowest BCUT2D eigenvalue weighted by Gasteiger charge is -2.35. The Balaban J connectivity index is 2.45. The summed E-state index contributed by atoms with van der Waals surface area (Å²) >= 11 is 5.57. The molecule has 0 fully saturated rings. The van der Waals surface area contributed by atoms with Crippen LogP contribution in [0.2, 0.25) is 0 Å². The van der Waals surface area contributed by atoms with Crippen LogP contribution < -0.4 is 0 Å². The predicted molar refractivity (Wildman–Crippen MR) is 71.7 cm³/mol. The predicted octanol–water partition coefficient (Wildman–Crippen LogP) is 5.07. The summed E-state index contributed by atoms with van der Waals surface area (Å²) in [6, 6.07) is 6.70. The van der Waals surface area contributed by atoms with Gasteiger partial charge in [-0.15, -0.1) is 11.8 Å². The molecule has 82 valence electrons. The Kier molecular flexibility index (Phi) is 3.18. The van der Waals surface area contributed by atoms with Crippen molar-refractivity contribution in [2.45, 2.75) is 38.0 Å². The molecule has 1 unspecified atom stereocenters. The molecule has 0 saturated heterocycles. The zero-order valence-electron chi connectivity index (χ0n) is 9.51. The third kappa shape index (κ3) is 2.42. The maximum absolute atomic E-state index is 3.58. The molecule has 2 rings (SSSR count). The smallest absolute Gasteiger partial charge is 0.0178 e. The molecule has 0 nitrogen and oxygen atoms in total. The van der Waals surface area contributed by atoms with Gasteiger partial charge in [0.15, 0.2) is 0 Å². The van der Waals surface area contributed by atoms with Gasteiger partial charge < -0.3 is 0 Å². The fourth-order valence-corrected chi connectivity index (χ4v) is 3.75. The van der Waals surface area contributed by atoms with E-state index < -0.39 is 0 Å². The van der Waals surface area contributed by atoms with Gasteiger partial charge >= 0.3 is 0 Å². The monoisotopic (exact) mass is 284 g/mol. The van der Waals surface area contributed by atoms with E-state index in [2.05, 4.69) is 54.9 Å². The molecule has 0 N–H and O–H groups in total. The zero-order valence-corrected chi connectivity index (χ0v) is 11.9. The van der Waals surface area contributed by atoms with Crippen LogP contribution >= 0.6 is 27.7 Å². The average molecular weight is 285 g/mol. The highest BCUT2D eigenvalue weighted by Crippen LogP contribution is 2.46. The molecule has 1 aromatic carbocycles. The Morgan fingerprint density at radius 1 is 1.33 bits per heavy atom. The maximum Gasteiger partial charge on any atom is 0.0178 e. The minimum absolute atomic E-state index is 0.372. The number of halogens is 1. The molecular weight excluding hydrogens is 268 g/mol. The molecule has 1 aliphatic rings.